The Kier molecular flexibility index (Phi) is 3.96. The minimum atomic E-state index is 0.243. The lowest BCUT2D eigenvalue weighted by Gasteiger charge is -2.23. The number of benzene rings is 1. The molecule has 1 saturated heterocycles. The molecule has 1 fully saturated rings. The monoisotopic (exact) mass is 244 g/mol. The van der Waals surface area contributed by atoms with Crippen LogP contribution in [0.15, 0.2) is 18.2 Å². The molecule has 0 aromatic heterocycles. The number of nitrogens with zero attached hydrogens (tertiary/aromatic N) is 2. The Morgan fingerprint density at radius 3 is 3.06 bits per heavy atom. The quantitative estimate of drug-likeness (QED) is 0.760. The van der Waals surface area contributed by atoms with Crippen molar-refractivity contribution >= 4 is 12.0 Å². The Balaban J connectivity index is 2.16. The number of rotatable bonds is 4. The van der Waals surface area contributed by atoms with Crippen LogP contribution >= 0.6 is 0 Å². The van der Waals surface area contributed by atoms with E-state index in [4.69, 9.17) is 10.00 Å². The minimum absolute atomic E-state index is 0.243. The van der Waals surface area contributed by atoms with Gasteiger partial charge in [0.05, 0.1) is 17.4 Å². The van der Waals surface area contributed by atoms with Crippen LogP contribution in [0.3, 0.4) is 0 Å². The lowest BCUT2D eigenvalue weighted by Crippen LogP contribution is -2.29. The van der Waals surface area contributed by atoms with E-state index >= 15 is 0 Å². The summed E-state index contributed by atoms with van der Waals surface area (Å²) in [4.78, 5) is 12.7. The normalized spacial score (nSPS) is 18.3. The summed E-state index contributed by atoms with van der Waals surface area (Å²) < 4.78 is 5.58. The van der Waals surface area contributed by atoms with Crippen molar-refractivity contribution in [2.24, 2.45) is 0 Å². The van der Waals surface area contributed by atoms with Crippen LogP contribution in [-0.4, -0.2) is 32.6 Å². The number of carbonyl (C=O) groups excluding carboxylic acids is 1. The van der Waals surface area contributed by atoms with E-state index in [1.807, 2.05) is 18.0 Å². The fraction of sp³-hybridized carbons (Fsp3) is 0.429. The second-order valence-corrected chi connectivity index (χ2v) is 4.52. The summed E-state index contributed by atoms with van der Waals surface area (Å²) in [6, 6.07) is 7.30. The Hall–Kier alpha value is -1.86. The highest BCUT2D eigenvalue weighted by molar-refractivity contribution is 5.78. The van der Waals surface area contributed by atoms with Crippen LogP contribution in [0.25, 0.3) is 0 Å². The summed E-state index contributed by atoms with van der Waals surface area (Å²) in [5.74, 6) is 0. The third-order valence-electron chi connectivity index (χ3n) is 3.19. The number of anilines is 1. The van der Waals surface area contributed by atoms with Crippen LogP contribution in [0.4, 0.5) is 5.69 Å². The van der Waals surface area contributed by atoms with E-state index in [1.165, 1.54) is 0 Å². The average Bonchev–Trinajstić information content (AvgIpc) is 2.90. The molecule has 1 aromatic carbocycles. The van der Waals surface area contributed by atoms with Crippen molar-refractivity contribution in [3.05, 3.63) is 29.3 Å². The zero-order valence-corrected chi connectivity index (χ0v) is 10.4. The summed E-state index contributed by atoms with van der Waals surface area (Å²) in [6.45, 7) is 1.60. The Labute approximate surface area is 107 Å². The van der Waals surface area contributed by atoms with Gasteiger partial charge < -0.3 is 9.64 Å². The molecule has 1 aliphatic heterocycles. The fourth-order valence-corrected chi connectivity index (χ4v) is 2.24. The molecule has 0 amide bonds. The van der Waals surface area contributed by atoms with Crippen molar-refractivity contribution in [1.82, 2.24) is 0 Å². The fourth-order valence-electron chi connectivity index (χ4n) is 2.24. The highest BCUT2D eigenvalue weighted by atomic mass is 16.5. The molecule has 0 saturated carbocycles. The summed E-state index contributed by atoms with van der Waals surface area (Å²) in [7, 11) is 1.94. The summed E-state index contributed by atoms with van der Waals surface area (Å²) in [5.41, 5.74) is 1.90. The van der Waals surface area contributed by atoms with Gasteiger partial charge in [0.25, 0.3) is 0 Å². The van der Waals surface area contributed by atoms with Crippen molar-refractivity contribution in [3.63, 3.8) is 0 Å². The SMILES string of the molecule is CN(CC1CCCO1)c1ccc(C=O)cc1C#N. The summed E-state index contributed by atoms with van der Waals surface area (Å²) in [5, 5.41) is 9.12. The first-order chi connectivity index (χ1) is 8.74. The average molecular weight is 244 g/mol. The molecule has 1 aromatic rings. The van der Waals surface area contributed by atoms with Gasteiger partial charge in [0.15, 0.2) is 0 Å². The summed E-state index contributed by atoms with van der Waals surface area (Å²) in [6.07, 6.45) is 3.17. The van der Waals surface area contributed by atoms with E-state index in [-0.39, 0.29) is 6.10 Å². The number of likely N-dealkylation sites (N-methyl/N-ethyl adjacent to an activating group) is 1. The standard InChI is InChI=1S/C14H16N2O2/c1-16(9-13-3-2-6-18-13)14-5-4-11(10-17)7-12(14)8-15/h4-5,7,10,13H,2-3,6,9H2,1H3. The van der Waals surface area contributed by atoms with Crippen molar-refractivity contribution in [2.45, 2.75) is 18.9 Å². The molecule has 94 valence electrons. The Morgan fingerprint density at radius 1 is 1.61 bits per heavy atom. The van der Waals surface area contributed by atoms with E-state index < -0.39 is 0 Å². The van der Waals surface area contributed by atoms with Gasteiger partial charge in [0.1, 0.15) is 12.4 Å². The van der Waals surface area contributed by atoms with Crippen LogP contribution in [0.1, 0.15) is 28.8 Å². The van der Waals surface area contributed by atoms with Gasteiger partial charge in [-0.05, 0) is 31.0 Å². The lowest BCUT2D eigenvalue weighted by molar-refractivity contribution is 0.112. The van der Waals surface area contributed by atoms with Gasteiger partial charge in [-0.15, -0.1) is 0 Å². The van der Waals surface area contributed by atoms with Crippen molar-refractivity contribution in [3.8, 4) is 6.07 Å². The number of nitriles is 1. The molecule has 1 heterocycles. The molecule has 0 N–H and O–H groups in total. The zero-order chi connectivity index (χ0) is 13.0. The molecule has 1 unspecified atom stereocenters. The molecule has 0 radical (unpaired) electrons. The van der Waals surface area contributed by atoms with Crippen LogP contribution in [0.2, 0.25) is 0 Å². The Bertz CT molecular complexity index is 473. The topological polar surface area (TPSA) is 53.3 Å². The maximum atomic E-state index is 10.7. The zero-order valence-electron chi connectivity index (χ0n) is 10.4. The van der Waals surface area contributed by atoms with Crippen molar-refractivity contribution in [2.75, 3.05) is 25.1 Å². The van der Waals surface area contributed by atoms with Gasteiger partial charge >= 0.3 is 0 Å². The number of hydrogen-bond donors (Lipinski definition) is 0. The molecule has 0 bridgehead atoms. The molecule has 18 heavy (non-hydrogen) atoms. The van der Waals surface area contributed by atoms with Crippen LogP contribution in [0, 0.1) is 11.3 Å². The first-order valence-corrected chi connectivity index (χ1v) is 6.06. The van der Waals surface area contributed by atoms with Gasteiger partial charge in [-0.3, -0.25) is 4.79 Å². The maximum Gasteiger partial charge on any atom is 0.150 e. The molecule has 1 aliphatic rings. The largest absolute Gasteiger partial charge is 0.376 e. The molecule has 4 heteroatoms. The van der Waals surface area contributed by atoms with Gasteiger partial charge in [-0.25, -0.2) is 0 Å². The summed E-state index contributed by atoms with van der Waals surface area (Å²) >= 11 is 0. The second kappa shape index (κ2) is 5.65. The van der Waals surface area contributed by atoms with E-state index in [0.29, 0.717) is 11.1 Å². The van der Waals surface area contributed by atoms with Crippen LogP contribution in [-0.2, 0) is 4.74 Å². The van der Waals surface area contributed by atoms with E-state index in [1.54, 1.807) is 12.1 Å². The molecule has 4 nitrogen and oxygen atoms in total. The minimum Gasteiger partial charge on any atom is -0.376 e. The van der Waals surface area contributed by atoms with Gasteiger partial charge in [-0.1, -0.05) is 0 Å². The molecular formula is C14H16N2O2. The third kappa shape index (κ3) is 2.69. The van der Waals surface area contributed by atoms with Crippen molar-refractivity contribution < 1.29 is 9.53 Å². The van der Waals surface area contributed by atoms with Crippen LogP contribution in [0.5, 0.6) is 0 Å². The molecule has 2 rings (SSSR count). The predicted molar refractivity (Wildman–Crippen MR) is 68.8 cm³/mol. The predicted octanol–water partition coefficient (Wildman–Crippen LogP) is 1.99. The van der Waals surface area contributed by atoms with Gasteiger partial charge in [0, 0.05) is 25.8 Å². The van der Waals surface area contributed by atoms with Gasteiger partial charge in [-0.2, -0.15) is 5.26 Å². The van der Waals surface area contributed by atoms with E-state index in [0.717, 1.165) is 38.0 Å². The Morgan fingerprint density at radius 2 is 2.44 bits per heavy atom. The third-order valence-corrected chi connectivity index (χ3v) is 3.19. The highest BCUT2D eigenvalue weighted by Crippen LogP contribution is 2.22. The smallest absolute Gasteiger partial charge is 0.150 e. The molecule has 0 aliphatic carbocycles. The first kappa shape index (κ1) is 12.6. The number of ether oxygens (including phenoxy) is 1. The van der Waals surface area contributed by atoms with Crippen LogP contribution < -0.4 is 4.90 Å². The molecule has 0 spiro atoms. The second-order valence-electron chi connectivity index (χ2n) is 4.52. The molecular weight excluding hydrogens is 228 g/mol. The van der Waals surface area contributed by atoms with E-state index in [2.05, 4.69) is 6.07 Å². The number of aldehydes is 1. The first-order valence-electron chi connectivity index (χ1n) is 6.06. The maximum absolute atomic E-state index is 10.7. The highest BCUT2D eigenvalue weighted by Gasteiger charge is 2.18. The lowest BCUT2D eigenvalue weighted by atomic mass is 10.1. The van der Waals surface area contributed by atoms with Crippen molar-refractivity contribution in [1.29, 1.82) is 5.26 Å². The number of carbonyl (C=O) groups is 1. The molecule has 1 atom stereocenters. The van der Waals surface area contributed by atoms with Gasteiger partial charge in [0.2, 0.25) is 0 Å². The van der Waals surface area contributed by atoms with E-state index in [9.17, 15) is 4.79 Å². The number of hydrogen-bond acceptors (Lipinski definition) is 4.